The Hall–Kier alpha value is -2.15. The fraction of sp³-hybridized carbons (Fsp3) is 0.500. The van der Waals surface area contributed by atoms with E-state index < -0.39 is 0 Å². The van der Waals surface area contributed by atoms with Crippen LogP contribution >= 0.6 is 12.4 Å². The smallest absolute Gasteiger partial charge is 0.227 e. The van der Waals surface area contributed by atoms with Crippen molar-refractivity contribution in [3.8, 4) is 5.75 Å². The third-order valence-corrected chi connectivity index (χ3v) is 6.79. The summed E-state index contributed by atoms with van der Waals surface area (Å²) >= 11 is 0. The van der Waals surface area contributed by atoms with Crippen LogP contribution in [-0.4, -0.2) is 73.0 Å². The van der Waals surface area contributed by atoms with Crippen LogP contribution in [0.5, 0.6) is 5.75 Å². The van der Waals surface area contributed by atoms with Gasteiger partial charge in [-0.1, -0.05) is 24.3 Å². The first-order valence-electron chi connectivity index (χ1n) is 11.7. The molecule has 0 spiro atoms. The highest BCUT2D eigenvalue weighted by Gasteiger charge is 2.27. The van der Waals surface area contributed by atoms with Crippen LogP contribution < -0.4 is 4.74 Å². The van der Waals surface area contributed by atoms with E-state index in [1.807, 2.05) is 17.0 Å². The Labute approximate surface area is 202 Å². The Morgan fingerprint density at radius 1 is 0.909 bits per heavy atom. The minimum Gasteiger partial charge on any atom is -0.497 e. The summed E-state index contributed by atoms with van der Waals surface area (Å²) in [5, 5.41) is 0. The summed E-state index contributed by atoms with van der Waals surface area (Å²) in [7, 11) is 1.70. The summed E-state index contributed by atoms with van der Waals surface area (Å²) in [6.07, 6.45) is 3.73. The number of nitrogens with zero attached hydrogens (tertiary/aromatic N) is 3. The van der Waals surface area contributed by atoms with Crippen molar-refractivity contribution in [1.82, 2.24) is 14.7 Å². The molecule has 0 radical (unpaired) electrons. The molecule has 0 saturated carbocycles. The number of ether oxygens (including phenoxy) is 1. The van der Waals surface area contributed by atoms with Crippen molar-refractivity contribution in [2.24, 2.45) is 0 Å². The maximum absolute atomic E-state index is 13.1. The van der Waals surface area contributed by atoms with Gasteiger partial charge in [-0.2, -0.15) is 0 Å². The molecule has 2 aromatic carbocycles. The first-order valence-corrected chi connectivity index (χ1v) is 11.7. The Morgan fingerprint density at radius 2 is 1.58 bits per heavy atom. The highest BCUT2D eigenvalue weighted by Crippen LogP contribution is 2.21. The number of likely N-dealkylation sites (tertiary alicyclic amines) is 1. The average Bonchev–Trinajstić information content (AvgIpc) is 3.08. The molecule has 4 rings (SSSR count). The molecule has 7 heteroatoms. The van der Waals surface area contributed by atoms with Gasteiger partial charge in [-0.05, 0) is 67.7 Å². The molecule has 0 atom stereocenters. The van der Waals surface area contributed by atoms with Crippen LogP contribution in [0.15, 0.2) is 48.5 Å². The van der Waals surface area contributed by atoms with Crippen LogP contribution in [0.25, 0.3) is 0 Å². The van der Waals surface area contributed by atoms with Gasteiger partial charge in [0.2, 0.25) is 5.91 Å². The molecule has 2 saturated heterocycles. The first-order chi connectivity index (χ1) is 15.6. The van der Waals surface area contributed by atoms with Gasteiger partial charge in [-0.3, -0.25) is 14.6 Å². The zero-order valence-corrected chi connectivity index (χ0v) is 20.2. The van der Waals surface area contributed by atoms with Gasteiger partial charge in [0.05, 0.1) is 13.5 Å². The number of hydrogen-bond acceptors (Lipinski definition) is 4. The molecule has 0 aromatic heterocycles. The van der Waals surface area contributed by atoms with Gasteiger partial charge in [0.15, 0.2) is 0 Å². The van der Waals surface area contributed by atoms with Gasteiger partial charge in [0.1, 0.15) is 11.6 Å². The zero-order chi connectivity index (χ0) is 22.3. The van der Waals surface area contributed by atoms with E-state index >= 15 is 0 Å². The molecule has 2 heterocycles. The van der Waals surface area contributed by atoms with Gasteiger partial charge in [-0.25, -0.2) is 4.39 Å². The van der Waals surface area contributed by atoms with E-state index in [0.717, 1.165) is 63.5 Å². The van der Waals surface area contributed by atoms with Gasteiger partial charge >= 0.3 is 0 Å². The number of amides is 1. The number of piperidine rings is 1. The quantitative estimate of drug-likeness (QED) is 0.632. The molecule has 1 amide bonds. The molecule has 0 unspecified atom stereocenters. The Kier molecular flexibility index (Phi) is 9.53. The third kappa shape index (κ3) is 7.16. The maximum Gasteiger partial charge on any atom is 0.227 e. The number of methoxy groups -OCH3 is 1. The fourth-order valence-corrected chi connectivity index (χ4v) is 4.87. The lowest BCUT2D eigenvalue weighted by molar-refractivity contribution is -0.130. The summed E-state index contributed by atoms with van der Waals surface area (Å²) in [6, 6.07) is 15.2. The molecule has 2 aliphatic heterocycles. The van der Waals surface area contributed by atoms with E-state index in [1.54, 1.807) is 19.2 Å². The van der Waals surface area contributed by atoms with Crippen LogP contribution in [0, 0.1) is 5.82 Å². The van der Waals surface area contributed by atoms with Gasteiger partial charge in [-0.15, -0.1) is 12.4 Å². The van der Waals surface area contributed by atoms with E-state index in [1.165, 1.54) is 30.5 Å². The van der Waals surface area contributed by atoms with Crippen molar-refractivity contribution in [3.05, 3.63) is 65.5 Å². The highest BCUT2D eigenvalue weighted by atomic mass is 35.5. The minimum atomic E-state index is -0.262. The molecular weight excluding hydrogens is 441 g/mol. The SMILES string of the molecule is COc1ccc(CN2CCC(N3CCCN(C(=O)Cc4ccc(F)cc4)CC3)CC2)cc1.Cl. The molecule has 0 aliphatic carbocycles. The number of carbonyl (C=O) groups is 1. The molecule has 0 N–H and O–H groups in total. The lowest BCUT2D eigenvalue weighted by atomic mass is 10.0. The largest absolute Gasteiger partial charge is 0.497 e. The second kappa shape index (κ2) is 12.4. The van der Waals surface area contributed by atoms with Crippen molar-refractivity contribution < 1.29 is 13.9 Å². The van der Waals surface area contributed by atoms with Crippen molar-refractivity contribution in [3.63, 3.8) is 0 Å². The van der Waals surface area contributed by atoms with Gasteiger partial charge in [0, 0.05) is 38.8 Å². The van der Waals surface area contributed by atoms with Gasteiger partial charge in [0.25, 0.3) is 0 Å². The van der Waals surface area contributed by atoms with Crippen molar-refractivity contribution in [2.45, 2.75) is 38.3 Å². The minimum absolute atomic E-state index is 0. The van der Waals surface area contributed by atoms with Crippen LogP contribution in [-0.2, 0) is 17.8 Å². The lowest BCUT2D eigenvalue weighted by Crippen LogP contribution is -2.46. The summed E-state index contributed by atoms with van der Waals surface area (Å²) < 4.78 is 18.4. The molecule has 2 fully saturated rings. The molecule has 2 aromatic rings. The molecule has 2 aliphatic rings. The summed E-state index contributed by atoms with van der Waals surface area (Å²) in [4.78, 5) is 19.9. The normalized spacial score (nSPS) is 18.4. The number of halogens is 2. The second-order valence-electron chi connectivity index (χ2n) is 8.93. The van der Waals surface area contributed by atoms with Crippen LogP contribution in [0.4, 0.5) is 4.39 Å². The van der Waals surface area contributed by atoms with Crippen molar-refractivity contribution in [2.75, 3.05) is 46.4 Å². The Morgan fingerprint density at radius 3 is 2.24 bits per heavy atom. The monoisotopic (exact) mass is 475 g/mol. The molecular formula is C26H35ClFN3O2. The molecule has 5 nitrogen and oxygen atoms in total. The third-order valence-electron chi connectivity index (χ3n) is 6.79. The fourth-order valence-electron chi connectivity index (χ4n) is 4.87. The van der Waals surface area contributed by atoms with Crippen LogP contribution in [0.1, 0.15) is 30.4 Å². The number of benzene rings is 2. The van der Waals surface area contributed by atoms with E-state index in [-0.39, 0.29) is 24.1 Å². The summed E-state index contributed by atoms with van der Waals surface area (Å²) in [5.41, 5.74) is 2.20. The lowest BCUT2D eigenvalue weighted by Gasteiger charge is -2.38. The number of carbonyl (C=O) groups excluding carboxylic acids is 1. The topological polar surface area (TPSA) is 36.0 Å². The van der Waals surface area contributed by atoms with Crippen LogP contribution in [0.3, 0.4) is 0 Å². The maximum atomic E-state index is 13.1. The van der Waals surface area contributed by atoms with E-state index in [4.69, 9.17) is 4.74 Å². The van der Waals surface area contributed by atoms with Gasteiger partial charge < -0.3 is 9.64 Å². The number of rotatable bonds is 6. The summed E-state index contributed by atoms with van der Waals surface area (Å²) in [5.74, 6) is 0.785. The average molecular weight is 476 g/mol. The standard InChI is InChI=1S/C26H34FN3O2.ClH/c1-32-25-9-5-22(6-10-25)20-28-15-11-24(12-16-28)29-13-2-14-30(18-17-29)26(31)19-21-3-7-23(27)8-4-21;/h3-10,24H,2,11-20H2,1H3;1H. The Balaban J connectivity index is 0.00000306. The van der Waals surface area contributed by atoms with E-state index in [9.17, 15) is 9.18 Å². The predicted octanol–water partition coefficient (Wildman–Crippen LogP) is 4.00. The molecule has 0 bridgehead atoms. The molecule has 180 valence electrons. The van der Waals surface area contributed by atoms with Crippen molar-refractivity contribution in [1.29, 1.82) is 0 Å². The first kappa shape index (κ1) is 25.5. The second-order valence-corrected chi connectivity index (χ2v) is 8.93. The Bertz CT molecular complexity index is 870. The summed E-state index contributed by atoms with van der Waals surface area (Å²) in [6.45, 7) is 6.81. The van der Waals surface area contributed by atoms with E-state index in [2.05, 4.69) is 21.9 Å². The van der Waals surface area contributed by atoms with E-state index in [0.29, 0.717) is 12.5 Å². The van der Waals surface area contributed by atoms with Crippen LogP contribution in [0.2, 0.25) is 0 Å². The van der Waals surface area contributed by atoms with Crippen molar-refractivity contribution >= 4 is 18.3 Å². The zero-order valence-electron chi connectivity index (χ0n) is 19.4. The predicted molar refractivity (Wildman–Crippen MR) is 131 cm³/mol. The highest BCUT2D eigenvalue weighted by molar-refractivity contribution is 5.85. The molecule has 33 heavy (non-hydrogen) atoms. The number of hydrogen-bond donors (Lipinski definition) is 0.